The van der Waals surface area contributed by atoms with Gasteiger partial charge in [-0.1, -0.05) is 41.9 Å². The molecule has 140 valence electrons. The predicted octanol–water partition coefficient (Wildman–Crippen LogP) is 5.10. The summed E-state index contributed by atoms with van der Waals surface area (Å²) >= 11 is 6.21. The van der Waals surface area contributed by atoms with Crippen molar-refractivity contribution in [3.63, 3.8) is 0 Å². The fraction of sp³-hybridized carbons (Fsp3) is 0.0909. The topological polar surface area (TPSA) is 75.2 Å². The number of carboxylic acid groups (broad SMARTS) is 1. The van der Waals surface area contributed by atoms with Crippen molar-refractivity contribution >= 4 is 28.5 Å². The number of benzene rings is 2. The number of carbonyl (C=O) groups is 1. The third kappa shape index (κ3) is 3.21. The van der Waals surface area contributed by atoms with Gasteiger partial charge in [0.2, 0.25) is 0 Å². The van der Waals surface area contributed by atoms with Crippen LogP contribution in [0.2, 0.25) is 5.02 Å². The average molecular weight is 393 g/mol. The Morgan fingerprint density at radius 3 is 2.75 bits per heavy atom. The summed E-state index contributed by atoms with van der Waals surface area (Å²) in [6.07, 6.45) is 1.94. The number of nitrogens with one attached hydrogen (secondary N) is 1. The van der Waals surface area contributed by atoms with Crippen LogP contribution in [0.5, 0.6) is 5.75 Å². The molecule has 0 aliphatic rings. The highest BCUT2D eigenvalue weighted by molar-refractivity contribution is 6.32. The summed E-state index contributed by atoms with van der Waals surface area (Å²) in [5, 5.41) is 10.9. The molecule has 1 unspecified atom stereocenters. The van der Waals surface area contributed by atoms with Crippen LogP contribution in [-0.4, -0.2) is 28.2 Å². The van der Waals surface area contributed by atoms with Gasteiger partial charge in [0.25, 0.3) is 0 Å². The van der Waals surface area contributed by atoms with Gasteiger partial charge in [-0.25, -0.2) is 9.78 Å². The lowest BCUT2D eigenvalue weighted by atomic mass is 9.87. The molecular weight excluding hydrogens is 376 g/mol. The van der Waals surface area contributed by atoms with Crippen molar-refractivity contribution in [2.24, 2.45) is 0 Å². The highest BCUT2D eigenvalue weighted by atomic mass is 35.5. The molecule has 2 aromatic heterocycles. The van der Waals surface area contributed by atoms with Crippen molar-refractivity contribution in [3.8, 4) is 5.75 Å². The van der Waals surface area contributed by atoms with Crippen LogP contribution in [0.1, 0.15) is 33.2 Å². The first kappa shape index (κ1) is 18.1. The number of hydrogen-bond donors (Lipinski definition) is 2. The minimum Gasteiger partial charge on any atom is -0.495 e. The van der Waals surface area contributed by atoms with Crippen molar-refractivity contribution in [3.05, 3.63) is 94.4 Å². The highest BCUT2D eigenvalue weighted by Crippen LogP contribution is 2.38. The molecule has 2 aromatic carbocycles. The lowest BCUT2D eigenvalue weighted by Gasteiger charge is -2.18. The molecular formula is C22H17ClN2O3. The number of aromatic amines is 1. The standard InChI is InChI=1S/C22H17ClN2O3/c1-28-20-11-13(9-10-16(20)23)21(18-7-4-8-19(25-18)22(26)27)15-12-24-17-6-3-2-5-14(15)17/h2-12,21,24H,1H3,(H,26,27). The van der Waals surface area contributed by atoms with Gasteiger partial charge >= 0.3 is 5.97 Å². The summed E-state index contributed by atoms with van der Waals surface area (Å²) in [5.74, 6) is -0.798. The molecule has 0 radical (unpaired) electrons. The number of pyridine rings is 1. The predicted molar refractivity (Wildman–Crippen MR) is 108 cm³/mol. The van der Waals surface area contributed by atoms with E-state index in [1.54, 1.807) is 19.2 Å². The Labute approximate surface area is 166 Å². The third-order valence-electron chi connectivity index (χ3n) is 4.73. The van der Waals surface area contributed by atoms with Gasteiger partial charge in [-0.15, -0.1) is 0 Å². The monoisotopic (exact) mass is 392 g/mol. The van der Waals surface area contributed by atoms with Gasteiger partial charge in [0.15, 0.2) is 0 Å². The minimum absolute atomic E-state index is 0.00303. The van der Waals surface area contributed by atoms with E-state index in [4.69, 9.17) is 16.3 Å². The summed E-state index contributed by atoms with van der Waals surface area (Å²) in [4.78, 5) is 19.1. The number of H-pyrrole nitrogens is 1. The van der Waals surface area contributed by atoms with E-state index in [0.29, 0.717) is 16.5 Å². The number of rotatable bonds is 5. The van der Waals surface area contributed by atoms with Gasteiger partial charge in [-0.2, -0.15) is 0 Å². The molecule has 0 aliphatic carbocycles. The third-order valence-corrected chi connectivity index (χ3v) is 5.04. The van der Waals surface area contributed by atoms with Gasteiger partial charge in [0.05, 0.1) is 23.7 Å². The fourth-order valence-corrected chi connectivity index (χ4v) is 3.62. The molecule has 6 heteroatoms. The molecule has 1 atom stereocenters. The van der Waals surface area contributed by atoms with E-state index in [1.807, 2.05) is 48.7 Å². The van der Waals surface area contributed by atoms with E-state index in [1.165, 1.54) is 6.07 Å². The number of aromatic nitrogens is 2. The maximum Gasteiger partial charge on any atom is 0.354 e. The number of carboxylic acids is 1. The maximum atomic E-state index is 11.5. The van der Waals surface area contributed by atoms with Crippen LogP contribution in [0.4, 0.5) is 0 Å². The summed E-state index contributed by atoms with van der Waals surface area (Å²) in [7, 11) is 1.56. The molecule has 0 spiro atoms. The van der Waals surface area contributed by atoms with Crippen LogP contribution < -0.4 is 4.74 Å². The number of para-hydroxylation sites is 1. The summed E-state index contributed by atoms with van der Waals surface area (Å²) in [6, 6.07) is 18.5. The molecule has 0 fully saturated rings. The second-order valence-corrected chi connectivity index (χ2v) is 6.78. The molecule has 0 bridgehead atoms. The van der Waals surface area contributed by atoms with E-state index in [0.717, 1.165) is 22.0 Å². The molecule has 0 saturated heterocycles. The number of fused-ring (bicyclic) bond motifs is 1. The van der Waals surface area contributed by atoms with Crippen LogP contribution in [0.25, 0.3) is 10.9 Å². The minimum atomic E-state index is -1.06. The van der Waals surface area contributed by atoms with Crippen LogP contribution in [0, 0.1) is 0 Å². The Morgan fingerprint density at radius 1 is 1.14 bits per heavy atom. The van der Waals surface area contributed by atoms with Gasteiger partial charge in [0.1, 0.15) is 11.4 Å². The van der Waals surface area contributed by atoms with Crippen molar-refractivity contribution in [2.75, 3.05) is 7.11 Å². The molecule has 2 heterocycles. The van der Waals surface area contributed by atoms with Gasteiger partial charge in [0, 0.05) is 17.1 Å². The fourth-order valence-electron chi connectivity index (χ4n) is 3.43. The van der Waals surface area contributed by atoms with Crippen molar-refractivity contribution in [1.82, 2.24) is 9.97 Å². The van der Waals surface area contributed by atoms with Crippen LogP contribution in [-0.2, 0) is 0 Å². The van der Waals surface area contributed by atoms with Gasteiger partial charge < -0.3 is 14.8 Å². The van der Waals surface area contributed by atoms with Gasteiger partial charge in [-0.3, -0.25) is 0 Å². The second-order valence-electron chi connectivity index (χ2n) is 6.37. The Morgan fingerprint density at radius 2 is 1.96 bits per heavy atom. The molecule has 4 aromatic rings. The molecule has 0 saturated carbocycles. The number of hydrogen-bond acceptors (Lipinski definition) is 3. The first-order valence-corrected chi connectivity index (χ1v) is 9.06. The number of nitrogens with zero attached hydrogens (tertiary/aromatic N) is 1. The van der Waals surface area contributed by atoms with E-state index < -0.39 is 5.97 Å². The molecule has 5 nitrogen and oxygen atoms in total. The zero-order chi connectivity index (χ0) is 19.7. The summed E-state index contributed by atoms with van der Waals surface area (Å²) < 4.78 is 5.38. The average Bonchev–Trinajstić information content (AvgIpc) is 3.13. The number of ether oxygens (including phenoxy) is 1. The quantitative estimate of drug-likeness (QED) is 0.495. The SMILES string of the molecule is COc1cc(C(c2cccc(C(=O)O)n2)c2c[nH]c3ccccc23)ccc1Cl. The van der Waals surface area contributed by atoms with E-state index in [2.05, 4.69) is 9.97 Å². The maximum absolute atomic E-state index is 11.5. The Hall–Kier alpha value is -3.31. The smallest absolute Gasteiger partial charge is 0.354 e. The van der Waals surface area contributed by atoms with Crippen LogP contribution in [0.15, 0.2) is 66.9 Å². The Kier molecular flexibility index (Phi) is 4.75. The Bertz CT molecular complexity index is 1170. The van der Waals surface area contributed by atoms with Gasteiger partial charge in [-0.05, 0) is 41.5 Å². The molecule has 0 amide bonds. The van der Waals surface area contributed by atoms with E-state index in [-0.39, 0.29) is 11.6 Å². The Balaban J connectivity index is 1.96. The normalized spacial score (nSPS) is 12.1. The number of halogens is 1. The zero-order valence-electron chi connectivity index (χ0n) is 15.0. The number of methoxy groups -OCH3 is 1. The summed E-state index contributed by atoms with van der Waals surface area (Å²) in [6.45, 7) is 0. The molecule has 4 rings (SSSR count). The van der Waals surface area contributed by atoms with Crippen LogP contribution in [0.3, 0.4) is 0 Å². The molecule has 0 aliphatic heterocycles. The van der Waals surface area contributed by atoms with Crippen molar-refractivity contribution in [1.29, 1.82) is 0 Å². The zero-order valence-corrected chi connectivity index (χ0v) is 15.8. The first-order valence-electron chi connectivity index (χ1n) is 8.68. The molecule has 2 N–H and O–H groups in total. The largest absolute Gasteiger partial charge is 0.495 e. The van der Waals surface area contributed by atoms with Crippen molar-refractivity contribution < 1.29 is 14.6 Å². The number of aromatic carboxylic acids is 1. The summed E-state index contributed by atoms with van der Waals surface area (Å²) in [5.41, 5.74) is 3.53. The van der Waals surface area contributed by atoms with E-state index in [9.17, 15) is 9.90 Å². The van der Waals surface area contributed by atoms with Crippen molar-refractivity contribution in [2.45, 2.75) is 5.92 Å². The van der Waals surface area contributed by atoms with Crippen LogP contribution >= 0.6 is 11.6 Å². The molecule has 28 heavy (non-hydrogen) atoms. The second kappa shape index (κ2) is 7.37. The van der Waals surface area contributed by atoms with E-state index >= 15 is 0 Å². The highest BCUT2D eigenvalue weighted by Gasteiger charge is 2.23. The lowest BCUT2D eigenvalue weighted by molar-refractivity contribution is 0.0690. The lowest BCUT2D eigenvalue weighted by Crippen LogP contribution is -2.09. The first-order chi connectivity index (χ1) is 13.6.